The minimum Gasteiger partial charge on any atom is -0.337 e. The molecule has 4 rings (SSSR count). The van der Waals surface area contributed by atoms with Crippen LogP contribution in [0.2, 0.25) is 0 Å². The van der Waals surface area contributed by atoms with Crippen LogP contribution in [0.1, 0.15) is 54.4 Å². The number of likely N-dealkylation sites (tertiary alicyclic amines) is 2. The largest absolute Gasteiger partial charge is 0.337 e. The molecule has 2 aliphatic heterocycles. The van der Waals surface area contributed by atoms with E-state index in [0.717, 1.165) is 44.3 Å². The van der Waals surface area contributed by atoms with E-state index in [1.54, 1.807) is 6.92 Å². The van der Waals surface area contributed by atoms with Crippen LogP contribution in [0, 0.1) is 0 Å². The maximum Gasteiger partial charge on any atom is 0.254 e. The first-order valence-corrected chi connectivity index (χ1v) is 10.3. The molecule has 3 atom stereocenters. The van der Waals surface area contributed by atoms with E-state index < -0.39 is 0 Å². The third kappa shape index (κ3) is 3.56. The quantitative estimate of drug-likeness (QED) is 0.792. The van der Waals surface area contributed by atoms with E-state index in [9.17, 15) is 9.59 Å². The van der Waals surface area contributed by atoms with Crippen LogP contribution in [0.5, 0.6) is 0 Å². The van der Waals surface area contributed by atoms with Gasteiger partial charge in [0.1, 0.15) is 0 Å². The molecule has 2 aromatic carbocycles. The SMILES string of the molecule is CC(=O)N1CCCC[C@@H]2[C@H]1[C@@H](c1ccccc1)CCN2C(=O)c1ccccc1. The lowest BCUT2D eigenvalue weighted by molar-refractivity contribution is -0.133. The van der Waals surface area contributed by atoms with Crippen molar-refractivity contribution in [3.63, 3.8) is 0 Å². The summed E-state index contributed by atoms with van der Waals surface area (Å²) in [5.74, 6) is 0.479. The van der Waals surface area contributed by atoms with Crippen molar-refractivity contribution in [3.8, 4) is 0 Å². The summed E-state index contributed by atoms with van der Waals surface area (Å²) in [5, 5.41) is 0. The Hall–Kier alpha value is -2.62. The lowest BCUT2D eigenvalue weighted by Gasteiger charge is -2.49. The van der Waals surface area contributed by atoms with E-state index in [-0.39, 0.29) is 29.8 Å². The number of amides is 2. The van der Waals surface area contributed by atoms with Crippen LogP contribution in [0.25, 0.3) is 0 Å². The summed E-state index contributed by atoms with van der Waals surface area (Å²) in [6, 6.07) is 20.2. The topological polar surface area (TPSA) is 40.6 Å². The van der Waals surface area contributed by atoms with Gasteiger partial charge in [0.25, 0.3) is 5.91 Å². The normalized spacial score (nSPS) is 25.0. The van der Waals surface area contributed by atoms with Crippen molar-refractivity contribution >= 4 is 11.8 Å². The maximum atomic E-state index is 13.3. The van der Waals surface area contributed by atoms with Crippen molar-refractivity contribution in [3.05, 3.63) is 71.8 Å². The van der Waals surface area contributed by atoms with Gasteiger partial charge in [0, 0.05) is 31.5 Å². The molecule has 2 fully saturated rings. The highest BCUT2D eigenvalue weighted by Gasteiger charge is 2.45. The monoisotopic (exact) mass is 376 g/mol. The van der Waals surface area contributed by atoms with Gasteiger partial charge in [0.05, 0.1) is 12.1 Å². The molecule has 0 bridgehead atoms. The second kappa shape index (κ2) is 8.17. The standard InChI is InChI=1S/C24H28N2O2/c1-18(27)25-16-9-8-14-22-23(25)21(19-10-4-2-5-11-19)15-17-26(22)24(28)20-12-6-3-7-13-20/h2-7,10-13,21-23H,8-9,14-17H2,1H3/t21-,22-,23-/m1/s1. The second-order valence-electron chi connectivity index (χ2n) is 7.94. The molecule has 0 aromatic heterocycles. The molecule has 4 nitrogen and oxygen atoms in total. The van der Waals surface area contributed by atoms with Gasteiger partial charge in [0.2, 0.25) is 5.91 Å². The van der Waals surface area contributed by atoms with Gasteiger partial charge >= 0.3 is 0 Å². The summed E-state index contributed by atoms with van der Waals surface area (Å²) in [4.78, 5) is 29.9. The number of hydrogen-bond donors (Lipinski definition) is 0. The summed E-state index contributed by atoms with van der Waals surface area (Å²) in [7, 11) is 0. The molecule has 2 amide bonds. The third-order valence-electron chi connectivity index (χ3n) is 6.31. The summed E-state index contributed by atoms with van der Waals surface area (Å²) in [6.07, 6.45) is 3.89. The Bertz CT molecular complexity index is 821. The number of benzene rings is 2. The lowest BCUT2D eigenvalue weighted by Crippen LogP contribution is -2.60. The fourth-order valence-electron chi connectivity index (χ4n) is 5.03. The average Bonchev–Trinajstić information content (AvgIpc) is 2.97. The Morgan fingerprint density at radius 1 is 0.821 bits per heavy atom. The van der Waals surface area contributed by atoms with Crippen molar-refractivity contribution < 1.29 is 9.59 Å². The van der Waals surface area contributed by atoms with E-state index in [1.165, 1.54) is 5.56 Å². The number of piperidine rings is 1. The summed E-state index contributed by atoms with van der Waals surface area (Å²) in [5.41, 5.74) is 2.01. The lowest BCUT2D eigenvalue weighted by atomic mass is 9.78. The van der Waals surface area contributed by atoms with Crippen molar-refractivity contribution in [2.45, 2.75) is 50.6 Å². The molecule has 0 aliphatic carbocycles. The van der Waals surface area contributed by atoms with Crippen LogP contribution in [0.15, 0.2) is 60.7 Å². The average molecular weight is 377 g/mol. The predicted molar refractivity (Wildman–Crippen MR) is 110 cm³/mol. The Labute approximate surface area is 167 Å². The number of carbonyl (C=O) groups is 2. The Morgan fingerprint density at radius 2 is 1.50 bits per heavy atom. The molecule has 0 unspecified atom stereocenters. The van der Waals surface area contributed by atoms with E-state index in [1.807, 2.05) is 46.2 Å². The van der Waals surface area contributed by atoms with E-state index >= 15 is 0 Å². The zero-order valence-corrected chi connectivity index (χ0v) is 16.5. The van der Waals surface area contributed by atoms with Gasteiger partial charge in [-0.05, 0) is 43.4 Å². The van der Waals surface area contributed by atoms with Crippen LogP contribution in [0.3, 0.4) is 0 Å². The Morgan fingerprint density at radius 3 is 2.18 bits per heavy atom. The summed E-state index contributed by atoms with van der Waals surface area (Å²) >= 11 is 0. The van der Waals surface area contributed by atoms with Gasteiger partial charge < -0.3 is 9.80 Å². The molecule has 0 N–H and O–H groups in total. The third-order valence-corrected chi connectivity index (χ3v) is 6.31. The molecule has 146 valence electrons. The molecule has 2 heterocycles. The maximum absolute atomic E-state index is 13.3. The molecule has 2 saturated heterocycles. The van der Waals surface area contributed by atoms with Gasteiger partial charge in [-0.25, -0.2) is 0 Å². The van der Waals surface area contributed by atoms with Crippen molar-refractivity contribution in [1.82, 2.24) is 9.80 Å². The summed E-state index contributed by atoms with van der Waals surface area (Å²) < 4.78 is 0. The highest BCUT2D eigenvalue weighted by Crippen LogP contribution is 2.39. The van der Waals surface area contributed by atoms with Gasteiger partial charge in [-0.1, -0.05) is 48.5 Å². The fourth-order valence-corrected chi connectivity index (χ4v) is 5.03. The van der Waals surface area contributed by atoms with Crippen LogP contribution >= 0.6 is 0 Å². The van der Waals surface area contributed by atoms with Crippen LogP contribution in [-0.4, -0.2) is 46.8 Å². The number of nitrogens with zero attached hydrogens (tertiary/aromatic N) is 2. The zero-order chi connectivity index (χ0) is 19.5. The molecular formula is C24H28N2O2. The van der Waals surface area contributed by atoms with E-state index in [0.29, 0.717) is 0 Å². The highest BCUT2D eigenvalue weighted by molar-refractivity contribution is 5.94. The van der Waals surface area contributed by atoms with Crippen molar-refractivity contribution in [1.29, 1.82) is 0 Å². The zero-order valence-electron chi connectivity index (χ0n) is 16.5. The predicted octanol–water partition coefficient (Wildman–Crippen LogP) is 4.09. The molecule has 4 heteroatoms. The molecule has 0 radical (unpaired) electrons. The minimum absolute atomic E-state index is 0.0452. The van der Waals surface area contributed by atoms with Crippen molar-refractivity contribution in [2.24, 2.45) is 0 Å². The molecule has 2 aliphatic rings. The number of hydrogen-bond acceptors (Lipinski definition) is 2. The van der Waals surface area contributed by atoms with Crippen molar-refractivity contribution in [2.75, 3.05) is 13.1 Å². The second-order valence-corrected chi connectivity index (χ2v) is 7.94. The molecular weight excluding hydrogens is 348 g/mol. The van der Waals surface area contributed by atoms with Gasteiger partial charge in [-0.2, -0.15) is 0 Å². The number of rotatable bonds is 2. The van der Waals surface area contributed by atoms with Gasteiger partial charge in [-0.15, -0.1) is 0 Å². The van der Waals surface area contributed by atoms with Crippen LogP contribution in [-0.2, 0) is 4.79 Å². The number of carbonyl (C=O) groups excluding carboxylic acids is 2. The summed E-state index contributed by atoms with van der Waals surface area (Å²) in [6.45, 7) is 3.19. The fraction of sp³-hybridized carbons (Fsp3) is 0.417. The van der Waals surface area contributed by atoms with Gasteiger partial charge in [0.15, 0.2) is 0 Å². The molecule has 0 spiro atoms. The van der Waals surface area contributed by atoms with E-state index in [4.69, 9.17) is 0 Å². The smallest absolute Gasteiger partial charge is 0.254 e. The van der Waals surface area contributed by atoms with Crippen LogP contribution in [0.4, 0.5) is 0 Å². The van der Waals surface area contributed by atoms with E-state index in [2.05, 4.69) is 24.3 Å². The first-order chi connectivity index (χ1) is 13.7. The molecule has 0 saturated carbocycles. The molecule has 2 aromatic rings. The van der Waals surface area contributed by atoms with Crippen LogP contribution < -0.4 is 0 Å². The minimum atomic E-state index is 0.0452. The Kier molecular flexibility index (Phi) is 5.47. The highest BCUT2D eigenvalue weighted by atomic mass is 16.2. The van der Waals surface area contributed by atoms with Gasteiger partial charge in [-0.3, -0.25) is 9.59 Å². The number of fused-ring (bicyclic) bond motifs is 1. The molecule has 28 heavy (non-hydrogen) atoms. The first kappa shape index (κ1) is 18.7. The Balaban J connectivity index is 1.72. The first-order valence-electron chi connectivity index (χ1n) is 10.3.